The number of hydrogen-bond donors (Lipinski definition) is 2. The Morgan fingerprint density at radius 3 is 2.46 bits per heavy atom. The highest BCUT2D eigenvalue weighted by Gasteiger charge is 2.36. The van der Waals surface area contributed by atoms with E-state index in [0.717, 1.165) is 32.1 Å². The van der Waals surface area contributed by atoms with Crippen molar-refractivity contribution >= 4 is 11.8 Å². The monoisotopic (exact) mass is 362 g/mol. The van der Waals surface area contributed by atoms with E-state index in [1.54, 1.807) is 18.2 Å². The third-order valence-electron chi connectivity index (χ3n) is 4.92. The second kappa shape index (κ2) is 8.92. The number of carbonyl (C=O) groups excluding carboxylic acids is 2. The fourth-order valence-electron chi connectivity index (χ4n) is 3.05. The maximum absolute atomic E-state index is 12.3. The molecule has 0 saturated heterocycles. The maximum Gasteiger partial charge on any atom is 0.269 e. The molecular formula is C20H30N2O4. The van der Waals surface area contributed by atoms with Crippen LogP contribution in [0, 0.1) is 11.3 Å². The Morgan fingerprint density at radius 1 is 1.15 bits per heavy atom. The summed E-state index contributed by atoms with van der Waals surface area (Å²) in [7, 11) is 1.54. The lowest BCUT2D eigenvalue weighted by atomic mass is 9.88. The van der Waals surface area contributed by atoms with Gasteiger partial charge in [0, 0.05) is 11.0 Å². The van der Waals surface area contributed by atoms with Gasteiger partial charge in [0.2, 0.25) is 5.91 Å². The summed E-state index contributed by atoms with van der Waals surface area (Å²) in [6.07, 6.45) is 4.74. The molecule has 1 aromatic rings. The first-order chi connectivity index (χ1) is 12.4. The summed E-state index contributed by atoms with van der Waals surface area (Å²) in [5.74, 6) is 1.13. The minimum Gasteiger partial charge on any atom is -0.493 e. The van der Waals surface area contributed by atoms with Crippen molar-refractivity contribution in [3.63, 3.8) is 0 Å². The summed E-state index contributed by atoms with van der Waals surface area (Å²) in [6.45, 7) is 6.80. The SMILES string of the molecule is COc1cc(C(=O)NNC(=O)C2(C)CCCC2)ccc1OCCC(C)C. The number of methoxy groups -OCH3 is 1. The molecule has 0 radical (unpaired) electrons. The summed E-state index contributed by atoms with van der Waals surface area (Å²) in [5, 5.41) is 0. The van der Waals surface area contributed by atoms with Gasteiger partial charge in [0.15, 0.2) is 11.5 Å². The number of benzene rings is 1. The van der Waals surface area contributed by atoms with Crippen LogP contribution in [0.1, 0.15) is 63.2 Å². The molecule has 144 valence electrons. The Morgan fingerprint density at radius 2 is 1.85 bits per heavy atom. The minimum atomic E-state index is -0.390. The number of ether oxygens (including phenoxy) is 2. The van der Waals surface area contributed by atoms with Crippen LogP contribution in [0.4, 0.5) is 0 Å². The van der Waals surface area contributed by atoms with Gasteiger partial charge in [-0.1, -0.05) is 33.6 Å². The van der Waals surface area contributed by atoms with E-state index in [1.807, 2.05) is 6.92 Å². The molecule has 0 spiro atoms. The molecular weight excluding hydrogens is 332 g/mol. The van der Waals surface area contributed by atoms with Crippen molar-refractivity contribution in [1.29, 1.82) is 0 Å². The molecule has 6 heteroatoms. The number of carbonyl (C=O) groups is 2. The van der Waals surface area contributed by atoms with Gasteiger partial charge >= 0.3 is 0 Å². The van der Waals surface area contributed by atoms with Crippen molar-refractivity contribution in [3.05, 3.63) is 23.8 Å². The lowest BCUT2D eigenvalue weighted by Crippen LogP contribution is -2.47. The lowest BCUT2D eigenvalue weighted by molar-refractivity contribution is -0.130. The standard InChI is InChI=1S/C20H30N2O4/c1-14(2)9-12-26-16-8-7-15(13-17(16)25-4)18(23)21-22-19(24)20(3)10-5-6-11-20/h7-8,13-14H,5-6,9-12H2,1-4H3,(H,21,23)(H,22,24). The smallest absolute Gasteiger partial charge is 0.269 e. The van der Waals surface area contributed by atoms with Crippen molar-refractivity contribution in [1.82, 2.24) is 10.9 Å². The summed E-state index contributed by atoms with van der Waals surface area (Å²) in [6, 6.07) is 4.99. The van der Waals surface area contributed by atoms with E-state index in [0.29, 0.717) is 29.6 Å². The number of amides is 2. The third kappa shape index (κ3) is 5.13. The Labute approximate surface area is 155 Å². The average molecular weight is 362 g/mol. The quantitative estimate of drug-likeness (QED) is 0.728. The summed E-state index contributed by atoms with van der Waals surface area (Å²) in [5.41, 5.74) is 5.05. The Kier molecular flexibility index (Phi) is 6.89. The molecule has 6 nitrogen and oxygen atoms in total. The fraction of sp³-hybridized carbons (Fsp3) is 0.600. The van der Waals surface area contributed by atoms with E-state index in [-0.39, 0.29) is 17.2 Å². The van der Waals surface area contributed by atoms with Crippen molar-refractivity contribution in [3.8, 4) is 11.5 Å². The average Bonchev–Trinajstić information content (AvgIpc) is 3.07. The van der Waals surface area contributed by atoms with E-state index in [9.17, 15) is 9.59 Å². The zero-order valence-corrected chi connectivity index (χ0v) is 16.2. The zero-order valence-electron chi connectivity index (χ0n) is 16.2. The molecule has 1 aromatic carbocycles. The van der Waals surface area contributed by atoms with E-state index in [2.05, 4.69) is 24.7 Å². The number of nitrogens with one attached hydrogen (secondary N) is 2. The number of rotatable bonds is 7. The van der Waals surface area contributed by atoms with Crippen LogP contribution in [-0.4, -0.2) is 25.5 Å². The normalized spacial score (nSPS) is 15.6. The Balaban J connectivity index is 1.94. The molecule has 0 heterocycles. The molecule has 2 N–H and O–H groups in total. The van der Waals surface area contributed by atoms with Crippen LogP contribution in [0.25, 0.3) is 0 Å². The molecule has 26 heavy (non-hydrogen) atoms. The molecule has 0 bridgehead atoms. The molecule has 0 aliphatic heterocycles. The molecule has 0 atom stereocenters. The molecule has 1 fully saturated rings. The summed E-state index contributed by atoms with van der Waals surface area (Å²) < 4.78 is 11.1. The largest absolute Gasteiger partial charge is 0.493 e. The van der Waals surface area contributed by atoms with Crippen LogP contribution in [0.15, 0.2) is 18.2 Å². The van der Waals surface area contributed by atoms with Crippen molar-refractivity contribution in [2.45, 2.75) is 52.9 Å². The number of hydrazine groups is 1. The Hall–Kier alpha value is -2.24. The zero-order chi connectivity index (χ0) is 19.2. The third-order valence-corrected chi connectivity index (χ3v) is 4.92. The molecule has 0 aromatic heterocycles. The van der Waals surface area contributed by atoms with E-state index < -0.39 is 0 Å². The van der Waals surface area contributed by atoms with Gasteiger partial charge in [0.1, 0.15) is 0 Å². The van der Waals surface area contributed by atoms with Gasteiger partial charge in [-0.25, -0.2) is 0 Å². The van der Waals surface area contributed by atoms with E-state index >= 15 is 0 Å². The van der Waals surface area contributed by atoms with Crippen LogP contribution in [0.5, 0.6) is 11.5 Å². The van der Waals surface area contributed by atoms with Crippen LogP contribution in [-0.2, 0) is 4.79 Å². The summed E-state index contributed by atoms with van der Waals surface area (Å²) in [4.78, 5) is 24.6. The van der Waals surface area contributed by atoms with Gasteiger partial charge in [-0.3, -0.25) is 20.4 Å². The second-order valence-corrected chi connectivity index (χ2v) is 7.57. The first-order valence-electron chi connectivity index (χ1n) is 9.27. The molecule has 1 aliphatic rings. The first kappa shape index (κ1) is 20.1. The molecule has 2 rings (SSSR count). The van der Waals surface area contributed by atoms with Crippen LogP contribution < -0.4 is 20.3 Å². The predicted octanol–water partition coefficient (Wildman–Crippen LogP) is 3.46. The van der Waals surface area contributed by atoms with E-state index in [1.165, 1.54) is 7.11 Å². The van der Waals surface area contributed by atoms with Crippen molar-refractivity contribution in [2.75, 3.05) is 13.7 Å². The molecule has 2 amide bonds. The van der Waals surface area contributed by atoms with Crippen molar-refractivity contribution < 1.29 is 19.1 Å². The fourth-order valence-corrected chi connectivity index (χ4v) is 3.05. The molecule has 1 aliphatic carbocycles. The molecule has 0 unspecified atom stereocenters. The highest BCUT2D eigenvalue weighted by molar-refractivity contribution is 5.96. The van der Waals surface area contributed by atoms with Gasteiger partial charge in [-0.15, -0.1) is 0 Å². The number of hydrogen-bond acceptors (Lipinski definition) is 4. The van der Waals surface area contributed by atoms with Gasteiger partial charge in [-0.05, 0) is 43.4 Å². The predicted molar refractivity (Wildman–Crippen MR) is 100 cm³/mol. The Bertz CT molecular complexity index is 637. The highest BCUT2D eigenvalue weighted by atomic mass is 16.5. The van der Waals surface area contributed by atoms with Crippen LogP contribution in [0.2, 0.25) is 0 Å². The van der Waals surface area contributed by atoms with Gasteiger partial charge in [-0.2, -0.15) is 0 Å². The van der Waals surface area contributed by atoms with Gasteiger partial charge in [0.25, 0.3) is 5.91 Å². The summed E-state index contributed by atoms with van der Waals surface area (Å²) >= 11 is 0. The molecule has 1 saturated carbocycles. The maximum atomic E-state index is 12.3. The van der Waals surface area contributed by atoms with Gasteiger partial charge < -0.3 is 9.47 Å². The lowest BCUT2D eigenvalue weighted by Gasteiger charge is -2.22. The van der Waals surface area contributed by atoms with Crippen LogP contribution in [0.3, 0.4) is 0 Å². The van der Waals surface area contributed by atoms with Crippen LogP contribution >= 0.6 is 0 Å². The van der Waals surface area contributed by atoms with Gasteiger partial charge in [0.05, 0.1) is 13.7 Å². The van der Waals surface area contributed by atoms with E-state index in [4.69, 9.17) is 9.47 Å². The second-order valence-electron chi connectivity index (χ2n) is 7.57. The van der Waals surface area contributed by atoms with Crippen molar-refractivity contribution in [2.24, 2.45) is 11.3 Å². The topological polar surface area (TPSA) is 76.7 Å². The first-order valence-corrected chi connectivity index (χ1v) is 9.27. The highest BCUT2D eigenvalue weighted by Crippen LogP contribution is 2.37. The minimum absolute atomic E-state index is 0.135.